The van der Waals surface area contributed by atoms with Crippen LogP contribution in [0.3, 0.4) is 0 Å². The third-order valence-corrected chi connectivity index (χ3v) is 3.91. The molecule has 0 N–H and O–H groups in total. The molecule has 0 heterocycles. The molecule has 2 rings (SSSR count). The minimum atomic E-state index is -0.329. The maximum absolute atomic E-state index is 13.0. The Bertz CT molecular complexity index is 479. The summed E-state index contributed by atoms with van der Waals surface area (Å²) in [7, 11) is 0. The molecule has 3 heteroatoms. The van der Waals surface area contributed by atoms with Crippen LogP contribution in [0.25, 0.3) is 0 Å². The van der Waals surface area contributed by atoms with Gasteiger partial charge in [0.2, 0.25) is 0 Å². The van der Waals surface area contributed by atoms with Crippen molar-refractivity contribution in [1.29, 1.82) is 0 Å². The SMILES string of the molecule is O=C(/C1=C/CCCCCC1)c1ccc(F)cc1Br. The molecular weight excluding hydrogens is 295 g/mol. The molecule has 0 spiro atoms. The standard InChI is InChI=1S/C15H16BrFO/c16-14-10-12(17)8-9-13(14)15(18)11-6-4-2-1-3-5-7-11/h6,8-10H,1-5,7H2/b11-6+. The van der Waals surface area contributed by atoms with E-state index in [1.807, 2.05) is 0 Å². The molecule has 0 fully saturated rings. The first kappa shape index (κ1) is 13.5. The van der Waals surface area contributed by atoms with Crippen LogP contribution in [0.4, 0.5) is 4.39 Å². The van der Waals surface area contributed by atoms with Crippen molar-refractivity contribution in [3.05, 3.63) is 45.7 Å². The first-order chi connectivity index (χ1) is 8.68. The lowest BCUT2D eigenvalue weighted by molar-refractivity contribution is 0.102. The average Bonchev–Trinajstić information content (AvgIpc) is 2.27. The Morgan fingerprint density at radius 2 is 1.94 bits per heavy atom. The lowest BCUT2D eigenvalue weighted by atomic mass is 9.94. The van der Waals surface area contributed by atoms with Crippen LogP contribution in [-0.4, -0.2) is 5.78 Å². The van der Waals surface area contributed by atoms with Crippen LogP contribution < -0.4 is 0 Å². The number of Topliss-reactive ketones (excluding diaryl/α,β-unsaturated/α-hetero) is 1. The largest absolute Gasteiger partial charge is 0.289 e. The number of carbonyl (C=O) groups is 1. The number of halogens is 2. The van der Waals surface area contributed by atoms with Gasteiger partial charge in [-0.05, 0) is 65.4 Å². The molecule has 0 aromatic heterocycles. The lowest BCUT2D eigenvalue weighted by Crippen LogP contribution is -2.06. The van der Waals surface area contributed by atoms with Gasteiger partial charge in [-0.3, -0.25) is 4.79 Å². The van der Waals surface area contributed by atoms with Crippen LogP contribution in [0, 0.1) is 5.82 Å². The summed E-state index contributed by atoms with van der Waals surface area (Å²) in [5.74, 6) is -0.297. The van der Waals surface area contributed by atoms with Crippen LogP contribution in [0.15, 0.2) is 34.3 Å². The van der Waals surface area contributed by atoms with Crippen LogP contribution in [-0.2, 0) is 0 Å². The van der Waals surface area contributed by atoms with E-state index in [-0.39, 0.29) is 11.6 Å². The van der Waals surface area contributed by atoms with Crippen LogP contribution in [0.5, 0.6) is 0 Å². The summed E-state index contributed by atoms with van der Waals surface area (Å²) in [6.07, 6.45) is 8.52. The number of carbonyl (C=O) groups excluding carboxylic acids is 1. The fourth-order valence-electron chi connectivity index (χ4n) is 2.24. The first-order valence-electron chi connectivity index (χ1n) is 6.37. The zero-order valence-electron chi connectivity index (χ0n) is 10.2. The summed E-state index contributed by atoms with van der Waals surface area (Å²) in [5.41, 5.74) is 1.44. The predicted molar refractivity (Wildman–Crippen MR) is 74.2 cm³/mol. The van der Waals surface area contributed by atoms with Gasteiger partial charge in [-0.25, -0.2) is 4.39 Å². The Balaban J connectivity index is 2.23. The predicted octanol–water partition coefficient (Wildman–Crippen LogP) is 5.05. The minimum absolute atomic E-state index is 0.0313. The fraction of sp³-hybridized carbons (Fsp3) is 0.400. The van der Waals surface area contributed by atoms with Gasteiger partial charge in [-0.2, -0.15) is 0 Å². The third-order valence-electron chi connectivity index (χ3n) is 3.26. The van der Waals surface area contributed by atoms with Gasteiger partial charge in [0.1, 0.15) is 5.82 Å². The Morgan fingerprint density at radius 3 is 2.72 bits per heavy atom. The first-order valence-corrected chi connectivity index (χ1v) is 7.16. The summed E-state index contributed by atoms with van der Waals surface area (Å²) in [6.45, 7) is 0. The van der Waals surface area contributed by atoms with E-state index in [2.05, 4.69) is 22.0 Å². The molecule has 0 atom stereocenters. The number of hydrogen-bond donors (Lipinski definition) is 0. The molecule has 1 nitrogen and oxygen atoms in total. The number of benzene rings is 1. The zero-order chi connectivity index (χ0) is 13.0. The molecular formula is C15H16BrFO. The van der Waals surface area contributed by atoms with Crippen molar-refractivity contribution < 1.29 is 9.18 Å². The van der Waals surface area contributed by atoms with Gasteiger partial charge in [0.05, 0.1) is 0 Å². The van der Waals surface area contributed by atoms with Crippen molar-refractivity contribution in [2.75, 3.05) is 0 Å². The summed E-state index contributed by atoms with van der Waals surface area (Å²) in [5, 5.41) is 0. The topological polar surface area (TPSA) is 17.1 Å². The molecule has 0 saturated heterocycles. The Labute approximate surface area is 115 Å². The van der Waals surface area contributed by atoms with Crippen LogP contribution in [0.2, 0.25) is 0 Å². The van der Waals surface area contributed by atoms with E-state index in [0.717, 1.165) is 31.3 Å². The molecule has 1 aromatic rings. The number of allylic oxidation sites excluding steroid dienone is 2. The number of rotatable bonds is 2. The van der Waals surface area contributed by atoms with Crippen molar-refractivity contribution in [3.8, 4) is 0 Å². The fourth-order valence-corrected chi connectivity index (χ4v) is 2.78. The number of ketones is 1. The Hall–Kier alpha value is -0.960. The molecule has 0 aliphatic heterocycles. The highest BCUT2D eigenvalue weighted by Gasteiger charge is 2.16. The van der Waals surface area contributed by atoms with Crippen LogP contribution >= 0.6 is 15.9 Å². The average molecular weight is 311 g/mol. The van der Waals surface area contributed by atoms with Gasteiger partial charge in [0, 0.05) is 10.0 Å². The molecule has 0 saturated carbocycles. The molecule has 0 bridgehead atoms. The molecule has 0 radical (unpaired) electrons. The van der Waals surface area contributed by atoms with Crippen molar-refractivity contribution in [2.45, 2.75) is 38.5 Å². The molecule has 18 heavy (non-hydrogen) atoms. The van der Waals surface area contributed by atoms with Crippen molar-refractivity contribution in [3.63, 3.8) is 0 Å². The molecule has 1 aliphatic carbocycles. The van der Waals surface area contributed by atoms with Crippen molar-refractivity contribution >= 4 is 21.7 Å². The summed E-state index contributed by atoms with van der Waals surface area (Å²) < 4.78 is 13.6. The maximum Gasteiger partial charge on any atom is 0.189 e. The molecule has 0 amide bonds. The monoisotopic (exact) mass is 310 g/mol. The van der Waals surface area contributed by atoms with Gasteiger partial charge in [-0.1, -0.05) is 18.9 Å². The Morgan fingerprint density at radius 1 is 1.17 bits per heavy atom. The molecule has 1 aromatic carbocycles. The van der Waals surface area contributed by atoms with E-state index in [1.54, 1.807) is 6.07 Å². The van der Waals surface area contributed by atoms with Gasteiger partial charge < -0.3 is 0 Å². The van der Waals surface area contributed by atoms with Gasteiger partial charge >= 0.3 is 0 Å². The van der Waals surface area contributed by atoms with E-state index < -0.39 is 0 Å². The van der Waals surface area contributed by atoms with E-state index in [9.17, 15) is 9.18 Å². The van der Waals surface area contributed by atoms with Gasteiger partial charge in [0.15, 0.2) is 5.78 Å². The molecule has 1 aliphatic rings. The summed E-state index contributed by atoms with van der Waals surface area (Å²) >= 11 is 3.26. The highest BCUT2D eigenvalue weighted by molar-refractivity contribution is 9.10. The van der Waals surface area contributed by atoms with E-state index in [4.69, 9.17) is 0 Å². The second-order valence-corrected chi connectivity index (χ2v) is 5.49. The number of hydrogen-bond acceptors (Lipinski definition) is 1. The summed E-state index contributed by atoms with van der Waals surface area (Å²) in [6, 6.07) is 4.24. The minimum Gasteiger partial charge on any atom is -0.289 e. The Kier molecular flexibility index (Phi) is 4.70. The maximum atomic E-state index is 13.0. The van der Waals surface area contributed by atoms with Crippen molar-refractivity contribution in [1.82, 2.24) is 0 Å². The lowest BCUT2D eigenvalue weighted by Gasteiger charge is -2.11. The quantitative estimate of drug-likeness (QED) is 0.698. The molecule has 96 valence electrons. The van der Waals surface area contributed by atoms with E-state index >= 15 is 0 Å². The third kappa shape index (κ3) is 3.29. The second kappa shape index (κ2) is 6.28. The van der Waals surface area contributed by atoms with Crippen molar-refractivity contribution in [2.24, 2.45) is 0 Å². The second-order valence-electron chi connectivity index (χ2n) is 4.64. The van der Waals surface area contributed by atoms with Crippen LogP contribution in [0.1, 0.15) is 48.9 Å². The normalized spacial score (nSPS) is 19.6. The highest BCUT2D eigenvalue weighted by atomic mass is 79.9. The van der Waals surface area contributed by atoms with Gasteiger partial charge in [-0.15, -0.1) is 0 Å². The summed E-state index contributed by atoms with van der Waals surface area (Å²) in [4.78, 5) is 12.4. The van der Waals surface area contributed by atoms with E-state index in [0.29, 0.717) is 10.0 Å². The smallest absolute Gasteiger partial charge is 0.189 e. The highest BCUT2D eigenvalue weighted by Crippen LogP contribution is 2.25. The van der Waals surface area contributed by atoms with Gasteiger partial charge in [0.25, 0.3) is 0 Å². The zero-order valence-corrected chi connectivity index (χ0v) is 11.8. The molecule has 0 unspecified atom stereocenters. The van der Waals surface area contributed by atoms with E-state index in [1.165, 1.54) is 25.0 Å².